The molecule has 1 saturated heterocycles. The fourth-order valence-electron chi connectivity index (χ4n) is 4.05. The summed E-state index contributed by atoms with van der Waals surface area (Å²) in [4.78, 5) is 32.3. The molecule has 0 spiro atoms. The molecule has 172 valence electrons. The maximum Gasteiger partial charge on any atom is 0.302 e. The van der Waals surface area contributed by atoms with Gasteiger partial charge in [-0.25, -0.2) is 4.98 Å². The zero-order valence-corrected chi connectivity index (χ0v) is 19.4. The van der Waals surface area contributed by atoms with Gasteiger partial charge in [0.2, 0.25) is 0 Å². The molecule has 1 fully saturated rings. The Kier molecular flexibility index (Phi) is 5.33. The van der Waals surface area contributed by atoms with E-state index in [2.05, 4.69) is 4.98 Å². The Morgan fingerprint density at radius 3 is 2.62 bits per heavy atom. The van der Waals surface area contributed by atoms with Gasteiger partial charge in [0.15, 0.2) is 5.13 Å². The highest BCUT2D eigenvalue weighted by Crippen LogP contribution is 2.44. The highest BCUT2D eigenvalue weighted by Gasteiger charge is 2.49. The van der Waals surface area contributed by atoms with Gasteiger partial charge in [0.05, 0.1) is 36.3 Å². The summed E-state index contributed by atoms with van der Waals surface area (Å²) < 4.78 is 17.0. The van der Waals surface area contributed by atoms with Crippen molar-refractivity contribution in [2.24, 2.45) is 0 Å². The summed E-state index contributed by atoms with van der Waals surface area (Å²) in [6.07, 6.45) is 1.45. The van der Waals surface area contributed by atoms with Gasteiger partial charge in [-0.2, -0.15) is 0 Å². The van der Waals surface area contributed by atoms with Gasteiger partial charge in [-0.3, -0.25) is 14.5 Å². The summed E-state index contributed by atoms with van der Waals surface area (Å²) in [6.45, 7) is 1.83. The largest absolute Gasteiger partial charge is 0.507 e. The van der Waals surface area contributed by atoms with Crippen molar-refractivity contribution in [2.45, 2.75) is 13.0 Å². The molecule has 1 atom stereocenters. The number of benzene rings is 2. The SMILES string of the molecule is COc1ccc2nc(N3C(=O)C(=O)C(=C(O)c4ccc(OC)c(C)c4)[C@@H]3c3ccco3)sc2c1. The van der Waals surface area contributed by atoms with Gasteiger partial charge in [-0.1, -0.05) is 11.3 Å². The number of aryl methyl sites for hydroxylation is 1. The Morgan fingerprint density at radius 1 is 1.12 bits per heavy atom. The highest BCUT2D eigenvalue weighted by molar-refractivity contribution is 7.22. The number of methoxy groups -OCH3 is 2. The first-order chi connectivity index (χ1) is 16.4. The Labute approximate surface area is 198 Å². The monoisotopic (exact) mass is 476 g/mol. The normalized spacial score (nSPS) is 17.5. The number of hydrogen-bond acceptors (Lipinski definition) is 8. The van der Waals surface area contributed by atoms with E-state index in [1.807, 2.05) is 13.0 Å². The minimum absolute atomic E-state index is 0.0682. The Bertz CT molecular complexity index is 1450. The fraction of sp³-hybridized carbons (Fsp3) is 0.160. The van der Waals surface area contributed by atoms with Crippen LogP contribution in [0.2, 0.25) is 0 Å². The molecule has 0 aliphatic carbocycles. The van der Waals surface area contributed by atoms with Crippen LogP contribution in [0, 0.1) is 6.92 Å². The smallest absolute Gasteiger partial charge is 0.302 e. The number of ketones is 1. The topological polar surface area (TPSA) is 102 Å². The fourth-order valence-corrected chi connectivity index (χ4v) is 5.07. The van der Waals surface area contributed by atoms with Crippen molar-refractivity contribution in [3.8, 4) is 11.5 Å². The summed E-state index contributed by atoms with van der Waals surface area (Å²) in [6, 6.07) is 12.8. The number of furan rings is 1. The van der Waals surface area contributed by atoms with Crippen molar-refractivity contribution in [3.05, 3.63) is 77.3 Å². The van der Waals surface area contributed by atoms with E-state index in [0.29, 0.717) is 33.5 Å². The molecule has 1 N–H and O–H groups in total. The Balaban J connectivity index is 1.68. The molecule has 0 bridgehead atoms. The van der Waals surface area contributed by atoms with Crippen molar-refractivity contribution < 1.29 is 28.6 Å². The number of amides is 1. The highest BCUT2D eigenvalue weighted by atomic mass is 32.1. The number of ether oxygens (including phenoxy) is 2. The molecule has 2 aromatic heterocycles. The number of Topliss-reactive ketones (excluding diaryl/α,β-unsaturated/α-hetero) is 1. The van der Waals surface area contributed by atoms with Crippen molar-refractivity contribution in [1.82, 2.24) is 4.98 Å². The summed E-state index contributed by atoms with van der Waals surface area (Å²) in [5.41, 5.74) is 1.75. The predicted molar refractivity (Wildman–Crippen MR) is 127 cm³/mol. The summed E-state index contributed by atoms with van der Waals surface area (Å²) in [7, 11) is 3.12. The first-order valence-electron chi connectivity index (χ1n) is 10.4. The first-order valence-corrected chi connectivity index (χ1v) is 11.2. The second kappa shape index (κ2) is 8.35. The van der Waals surface area contributed by atoms with Crippen LogP contribution in [0.3, 0.4) is 0 Å². The third-order valence-electron chi connectivity index (χ3n) is 5.72. The number of carbonyl (C=O) groups is 2. The van der Waals surface area contributed by atoms with Crippen LogP contribution in [0.4, 0.5) is 5.13 Å². The molecule has 0 radical (unpaired) electrons. The predicted octanol–water partition coefficient (Wildman–Crippen LogP) is 4.84. The van der Waals surface area contributed by atoms with Crippen LogP contribution in [0.15, 0.2) is 64.8 Å². The van der Waals surface area contributed by atoms with Gasteiger partial charge >= 0.3 is 5.91 Å². The van der Waals surface area contributed by atoms with Crippen LogP contribution < -0.4 is 14.4 Å². The third-order valence-corrected chi connectivity index (χ3v) is 6.73. The summed E-state index contributed by atoms with van der Waals surface area (Å²) in [5, 5.41) is 11.5. The van der Waals surface area contributed by atoms with Gasteiger partial charge in [0.1, 0.15) is 29.1 Å². The van der Waals surface area contributed by atoms with Crippen LogP contribution >= 0.6 is 11.3 Å². The van der Waals surface area contributed by atoms with Gasteiger partial charge in [-0.15, -0.1) is 0 Å². The molecule has 0 unspecified atom stereocenters. The van der Waals surface area contributed by atoms with E-state index in [9.17, 15) is 14.7 Å². The van der Waals surface area contributed by atoms with E-state index in [1.165, 1.54) is 22.5 Å². The number of aliphatic hydroxyl groups is 1. The molecule has 8 nitrogen and oxygen atoms in total. The molecular weight excluding hydrogens is 456 g/mol. The van der Waals surface area contributed by atoms with E-state index < -0.39 is 17.7 Å². The van der Waals surface area contributed by atoms with Gasteiger partial charge in [0.25, 0.3) is 5.78 Å². The molecule has 9 heteroatoms. The summed E-state index contributed by atoms with van der Waals surface area (Å²) >= 11 is 1.25. The molecule has 2 aromatic carbocycles. The lowest BCUT2D eigenvalue weighted by atomic mass is 9.98. The molecular formula is C25H20N2O6S. The lowest BCUT2D eigenvalue weighted by molar-refractivity contribution is -0.132. The maximum absolute atomic E-state index is 13.2. The van der Waals surface area contributed by atoms with Gasteiger partial charge < -0.3 is 19.0 Å². The molecule has 1 aliphatic heterocycles. The zero-order valence-electron chi connectivity index (χ0n) is 18.6. The Morgan fingerprint density at radius 2 is 1.94 bits per heavy atom. The van der Waals surface area contributed by atoms with Crippen LogP contribution in [-0.2, 0) is 9.59 Å². The standard InChI is InChI=1S/C25H20N2O6S/c1-13-11-14(6-9-17(13)32-3)22(28)20-21(18-5-4-10-33-18)27(24(30)23(20)29)25-26-16-8-7-15(31-2)12-19(16)34-25/h4-12,21,28H,1-3H3/t21-/m0/s1. The number of anilines is 1. The van der Waals surface area contributed by atoms with Crippen molar-refractivity contribution in [2.75, 3.05) is 19.1 Å². The number of fused-ring (bicyclic) bond motifs is 1. The minimum Gasteiger partial charge on any atom is -0.507 e. The molecule has 1 aliphatic rings. The number of carbonyl (C=O) groups excluding carboxylic acids is 2. The molecule has 0 saturated carbocycles. The van der Waals surface area contributed by atoms with Gasteiger partial charge in [-0.05, 0) is 61.0 Å². The van der Waals surface area contributed by atoms with E-state index in [-0.39, 0.29) is 11.3 Å². The minimum atomic E-state index is -0.972. The number of aliphatic hydroxyl groups excluding tert-OH is 1. The van der Waals surface area contributed by atoms with Crippen LogP contribution in [0.5, 0.6) is 11.5 Å². The molecule has 3 heterocycles. The quantitative estimate of drug-likeness (QED) is 0.250. The number of thiazole rings is 1. The lowest BCUT2D eigenvalue weighted by Crippen LogP contribution is -2.29. The average Bonchev–Trinajstić information content (AvgIpc) is 3.56. The van der Waals surface area contributed by atoms with E-state index in [4.69, 9.17) is 13.9 Å². The lowest BCUT2D eigenvalue weighted by Gasteiger charge is -2.20. The van der Waals surface area contributed by atoms with Crippen molar-refractivity contribution in [3.63, 3.8) is 0 Å². The number of aromatic nitrogens is 1. The number of hydrogen-bond donors (Lipinski definition) is 1. The molecule has 34 heavy (non-hydrogen) atoms. The summed E-state index contributed by atoms with van der Waals surface area (Å²) in [5.74, 6) is -0.270. The second-order valence-corrected chi connectivity index (χ2v) is 8.71. The Hall–Kier alpha value is -4.11. The van der Waals surface area contributed by atoms with Crippen LogP contribution in [0.25, 0.3) is 16.0 Å². The molecule has 5 rings (SSSR count). The van der Waals surface area contributed by atoms with Gasteiger partial charge in [0, 0.05) is 5.56 Å². The zero-order chi connectivity index (χ0) is 24.0. The second-order valence-electron chi connectivity index (χ2n) is 7.70. The molecule has 1 amide bonds. The van der Waals surface area contributed by atoms with E-state index in [0.717, 1.165) is 10.3 Å². The first kappa shape index (κ1) is 21.7. The third kappa shape index (κ3) is 3.41. The average molecular weight is 477 g/mol. The van der Waals surface area contributed by atoms with Crippen molar-refractivity contribution >= 4 is 44.1 Å². The van der Waals surface area contributed by atoms with E-state index >= 15 is 0 Å². The van der Waals surface area contributed by atoms with Crippen LogP contribution in [-0.4, -0.2) is 36.0 Å². The maximum atomic E-state index is 13.2. The number of nitrogens with zero attached hydrogens (tertiary/aromatic N) is 2. The number of rotatable bonds is 5. The molecule has 4 aromatic rings. The van der Waals surface area contributed by atoms with Crippen molar-refractivity contribution in [1.29, 1.82) is 0 Å². The van der Waals surface area contributed by atoms with Crippen LogP contribution in [0.1, 0.15) is 22.9 Å². The van der Waals surface area contributed by atoms with E-state index in [1.54, 1.807) is 56.7 Å².